The highest BCUT2D eigenvalue weighted by Gasteiger charge is 2.14. The fourth-order valence-corrected chi connectivity index (χ4v) is 1.77. The fraction of sp³-hybridized carbons (Fsp3) is 0.167. The van der Waals surface area contributed by atoms with Crippen molar-refractivity contribution in [2.45, 2.75) is 13.8 Å². The molecule has 0 aliphatic carbocycles. The van der Waals surface area contributed by atoms with Crippen molar-refractivity contribution in [3.63, 3.8) is 0 Å². The molecule has 8 heteroatoms. The van der Waals surface area contributed by atoms with Crippen LogP contribution in [0, 0.1) is 24.0 Å². The quantitative estimate of drug-likeness (QED) is 0.689. The Labute approximate surface area is 119 Å². The topological polar surface area (TPSA) is 104 Å². The van der Waals surface area contributed by atoms with E-state index in [0.717, 1.165) is 0 Å². The van der Waals surface area contributed by atoms with Gasteiger partial charge in [-0.05, 0) is 19.9 Å². The molecule has 0 atom stereocenters. The average Bonchev–Trinajstić information content (AvgIpc) is 2.35. The lowest BCUT2D eigenvalue weighted by Gasteiger charge is -2.10. The van der Waals surface area contributed by atoms with Gasteiger partial charge in [-0.3, -0.25) is 10.1 Å². The summed E-state index contributed by atoms with van der Waals surface area (Å²) in [5.41, 5.74) is 6.12. The normalized spacial score (nSPS) is 10.3. The lowest BCUT2D eigenvalue weighted by molar-refractivity contribution is -0.384. The minimum Gasteiger partial charge on any atom is -0.438 e. The molecule has 0 aliphatic heterocycles. The Hall–Kier alpha value is -2.41. The summed E-state index contributed by atoms with van der Waals surface area (Å²) in [7, 11) is 0. The summed E-state index contributed by atoms with van der Waals surface area (Å²) in [6, 6.07) is 4.06. The van der Waals surface area contributed by atoms with Gasteiger partial charge in [-0.1, -0.05) is 11.6 Å². The first-order chi connectivity index (χ1) is 9.38. The van der Waals surface area contributed by atoms with Crippen LogP contribution in [0.3, 0.4) is 0 Å². The number of nitro groups is 1. The molecule has 0 spiro atoms. The van der Waals surface area contributed by atoms with Crippen molar-refractivity contribution in [3.8, 4) is 11.6 Å². The van der Waals surface area contributed by atoms with Gasteiger partial charge in [-0.15, -0.1) is 0 Å². The second kappa shape index (κ2) is 5.30. The molecule has 0 aliphatic rings. The summed E-state index contributed by atoms with van der Waals surface area (Å²) < 4.78 is 5.55. The minimum atomic E-state index is -0.565. The number of nitrogen functional groups attached to an aromatic ring is 1. The molecule has 2 aromatic rings. The Morgan fingerprint density at radius 2 is 2.05 bits per heavy atom. The van der Waals surface area contributed by atoms with Crippen molar-refractivity contribution in [2.75, 3.05) is 5.73 Å². The maximum absolute atomic E-state index is 10.7. The molecule has 20 heavy (non-hydrogen) atoms. The smallest absolute Gasteiger partial charge is 0.288 e. The van der Waals surface area contributed by atoms with Crippen LogP contribution in [0.5, 0.6) is 11.6 Å². The van der Waals surface area contributed by atoms with E-state index in [1.165, 1.54) is 18.2 Å². The monoisotopic (exact) mass is 294 g/mol. The third kappa shape index (κ3) is 2.77. The van der Waals surface area contributed by atoms with E-state index in [4.69, 9.17) is 22.1 Å². The van der Waals surface area contributed by atoms with Crippen LogP contribution >= 0.6 is 11.6 Å². The molecule has 0 saturated heterocycles. The molecule has 1 aromatic heterocycles. The van der Waals surface area contributed by atoms with Gasteiger partial charge in [0.15, 0.2) is 0 Å². The molecule has 2 rings (SSSR count). The number of nitrogens with zero attached hydrogens (tertiary/aromatic N) is 3. The number of hydrogen-bond acceptors (Lipinski definition) is 6. The number of nitrogens with two attached hydrogens (primary N) is 1. The van der Waals surface area contributed by atoms with E-state index >= 15 is 0 Å². The molecule has 0 bridgehead atoms. The summed E-state index contributed by atoms with van der Waals surface area (Å²) in [5, 5.41) is 10.7. The third-order valence-corrected chi connectivity index (χ3v) is 2.88. The fourth-order valence-electron chi connectivity index (χ4n) is 1.53. The van der Waals surface area contributed by atoms with Gasteiger partial charge >= 0.3 is 0 Å². The van der Waals surface area contributed by atoms with Crippen LogP contribution in [0.2, 0.25) is 5.02 Å². The molecule has 1 aromatic carbocycles. The van der Waals surface area contributed by atoms with E-state index < -0.39 is 4.92 Å². The van der Waals surface area contributed by atoms with E-state index in [1.807, 2.05) is 0 Å². The molecule has 0 fully saturated rings. The van der Waals surface area contributed by atoms with Gasteiger partial charge in [0.05, 0.1) is 10.5 Å². The minimum absolute atomic E-state index is 0.0103. The van der Waals surface area contributed by atoms with Crippen molar-refractivity contribution >= 4 is 23.1 Å². The first-order valence-corrected chi connectivity index (χ1v) is 5.99. The van der Waals surface area contributed by atoms with Crippen LogP contribution in [0.1, 0.15) is 11.4 Å². The van der Waals surface area contributed by atoms with Gasteiger partial charge in [0.2, 0.25) is 5.88 Å². The van der Waals surface area contributed by atoms with E-state index in [9.17, 15) is 10.1 Å². The molecule has 0 amide bonds. The molecule has 0 unspecified atom stereocenters. The third-order valence-electron chi connectivity index (χ3n) is 2.58. The molecule has 7 nitrogen and oxygen atoms in total. The standard InChI is InChI=1S/C12H11ClN4O3/c1-6-11(14)15-7(2)16-12(6)20-8-3-4-10(17(18)19)9(13)5-8/h3-5H,1-2H3,(H2,14,15,16). The zero-order valence-electron chi connectivity index (χ0n) is 10.8. The predicted octanol–water partition coefficient (Wildman–Crippen LogP) is 3.03. The van der Waals surface area contributed by atoms with Crippen LogP contribution < -0.4 is 10.5 Å². The second-order valence-corrected chi connectivity index (χ2v) is 4.47. The molecule has 0 saturated carbocycles. The van der Waals surface area contributed by atoms with E-state index in [1.54, 1.807) is 13.8 Å². The van der Waals surface area contributed by atoms with Crippen molar-refractivity contribution in [3.05, 3.63) is 44.7 Å². The summed E-state index contributed by atoms with van der Waals surface area (Å²) in [5.74, 6) is 1.41. The number of halogens is 1. The van der Waals surface area contributed by atoms with Gasteiger partial charge in [0.25, 0.3) is 5.69 Å². The highest BCUT2D eigenvalue weighted by atomic mass is 35.5. The lowest BCUT2D eigenvalue weighted by atomic mass is 10.3. The van der Waals surface area contributed by atoms with Crippen LogP contribution in [-0.2, 0) is 0 Å². The Morgan fingerprint density at radius 1 is 1.35 bits per heavy atom. The molecule has 0 radical (unpaired) electrons. The second-order valence-electron chi connectivity index (χ2n) is 4.06. The van der Waals surface area contributed by atoms with Crippen LogP contribution in [0.15, 0.2) is 18.2 Å². The van der Waals surface area contributed by atoms with Crippen LogP contribution in [-0.4, -0.2) is 14.9 Å². The maximum atomic E-state index is 10.7. The van der Waals surface area contributed by atoms with Gasteiger partial charge in [0.1, 0.15) is 22.4 Å². The summed E-state index contributed by atoms with van der Waals surface area (Å²) >= 11 is 5.81. The molecule has 1 heterocycles. The van der Waals surface area contributed by atoms with Gasteiger partial charge in [-0.25, -0.2) is 4.98 Å². The van der Waals surface area contributed by atoms with Gasteiger partial charge in [0, 0.05) is 12.1 Å². The first-order valence-electron chi connectivity index (χ1n) is 5.61. The Morgan fingerprint density at radius 3 is 2.65 bits per heavy atom. The number of rotatable bonds is 3. The SMILES string of the molecule is Cc1nc(N)c(C)c(Oc2ccc([N+](=O)[O-])c(Cl)c2)n1. The molecule has 104 valence electrons. The van der Waals surface area contributed by atoms with Crippen molar-refractivity contribution in [2.24, 2.45) is 0 Å². The first kappa shape index (κ1) is 14.0. The van der Waals surface area contributed by atoms with Gasteiger partial charge < -0.3 is 10.5 Å². The lowest BCUT2D eigenvalue weighted by Crippen LogP contribution is -2.02. The molecular formula is C12H11ClN4O3. The number of ether oxygens (including phenoxy) is 1. The molecular weight excluding hydrogens is 284 g/mol. The number of hydrogen-bond donors (Lipinski definition) is 1. The number of anilines is 1. The molecule has 2 N–H and O–H groups in total. The van der Waals surface area contributed by atoms with E-state index in [0.29, 0.717) is 28.8 Å². The summed E-state index contributed by atoms with van der Waals surface area (Å²) in [6.45, 7) is 3.41. The van der Waals surface area contributed by atoms with Crippen molar-refractivity contribution < 1.29 is 9.66 Å². The highest BCUT2D eigenvalue weighted by Crippen LogP contribution is 2.32. The Balaban J connectivity index is 2.36. The Kier molecular flexibility index (Phi) is 3.71. The van der Waals surface area contributed by atoms with Crippen LogP contribution in [0.25, 0.3) is 0 Å². The predicted molar refractivity (Wildman–Crippen MR) is 74.1 cm³/mol. The van der Waals surface area contributed by atoms with E-state index in [-0.39, 0.29) is 10.7 Å². The number of aryl methyl sites for hydroxylation is 1. The van der Waals surface area contributed by atoms with Crippen molar-refractivity contribution in [1.29, 1.82) is 0 Å². The summed E-state index contributed by atoms with van der Waals surface area (Å²) in [6.07, 6.45) is 0. The van der Waals surface area contributed by atoms with Crippen molar-refractivity contribution in [1.82, 2.24) is 9.97 Å². The number of aromatic nitrogens is 2. The average molecular weight is 295 g/mol. The number of nitro benzene ring substituents is 1. The zero-order valence-corrected chi connectivity index (χ0v) is 11.5. The maximum Gasteiger partial charge on any atom is 0.288 e. The van der Waals surface area contributed by atoms with Crippen LogP contribution in [0.4, 0.5) is 11.5 Å². The highest BCUT2D eigenvalue weighted by molar-refractivity contribution is 6.32. The number of benzene rings is 1. The summed E-state index contributed by atoms with van der Waals surface area (Å²) in [4.78, 5) is 18.2. The zero-order chi connectivity index (χ0) is 14.9. The largest absolute Gasteiger partial charge is 0.438 e. The Bertz CT molecular complexity index is 691. The van der Waals surface area contributed by atoms with E-state index in [2.05, 4.69) is 9.97 Å². The van der Waals surface area contributed by atoms with Gasteiger partial charge in [-0.2, -0.15) is 4.98 Å².